The summed E-state index contributed by atoms with van der Waals surface area (Å²) in [6.07, 6.45) is -2.02. The molecular weight excluding hydrogens is 216 g/mol. The minimum atomic E-state index is -1.01. The molecule has 0 aromatic heterocycles. The molecule has 16 heavy (non-hydrogen) atoms. The summed E-state index contributed by atoms with van der Waals surface area (Å²) in [5.74, 6) is -1.44. The molecular formula is C9H16N2O5. The lowest BCUT2D eigenvalue weighted by Crippen LogP contribution is -2.43. The van der Waals surface area contributed by atoms with Crippen LogP contribution in [0.4, 0.5) is 0 Å². The van der Waals surface area contributed by atoms with Crippen LogP contribution in [0.15, 0.2) is 0 Å². The second-order valence-corrected chi connectivity index (χ2v) is 3.92. The normalized spacial score (nSPS) is 26.8. The van der Waals surface area contributed by atoms with Gasteiger partial charge in [0.15, 0.2) is 0 Å². The zero-order chi connectivity index (χ0) is 12.3. The van der Waals surface area contributed by atoms with Crippen molar-refractivity contribution in [2.24, 2.45) is 5.73 Å². The van der Waals surface area contributed by atoms with Crippen LogP contribution in [0.25, 0.3) is 0 Å². The minimum Gasteiger partial charge on any atom is -0.481 e. The first kappa shape index (κ1) is 12.9. The second kappa shape index (κ2) is 5.24. The maximum atomic E-state index is 11.6. The van der Waals surface area contributed by atoms with Crippen LogP contribution in [-0.4, -0.2) is 63.4 Å². The van der Waals surface area contributed by atoms with Gasteiger partial charge in [0.1, 0.15) is 0 Å². The number of likely N-dealkylation sites (tertiary alicyclic amines) is 1. The van der Waals surface area contributed by atoms with Crippen LogP contribution in [0.3, 0.4) is 0 Å². The Labute approximate surface area is 92.5 Å². The zero-order valence-electron chi connectivity index (χ0n) is 8.74. The summed E-state index contributed by atoms with van der Waals surface area (Å²) in [7, 11) is 0. The van der Waals surface area contributed by atoms with Crippen LogP contribution in [0.1, 0.15) is 12.8 Å². The van der Waals surface area contributed by atoms with Gasteiger partial charge in [-0.05, 0) is 6.42 Å². The van der Waals surface area contributed by atoms with E-state index in [-0.39, 0.29) is 25.9 Å². The quantitative estimate of drug-likeness (QED) is 0.434. The van der Waals surface area contributed by atoms with E-state index in [1.807, 2.05) is 0 Å². The Kier molecular flexibility index (Phi) is 4.22. The molecule has 0 radical (unpaired) electrons. The minimum absolute atomic E-state index is 0.0424. The van der Waals surface area contributed by atoms with Crippen LogP contribution in [0.2, 0.25) is 0 Å². The number of hydrogen-bond acceptors (Lipinski definition) is 5. The van der Waals surface area contributed by atoms with Crippen LogP contribution >= 0.6 is 0 Å². The number of nitrogens with zero attached hydrogens (tertiary/aromatic N) is 1. The van der Waals surface area contributed by atoms with Gasteiger partial charge in [-0.1, -0.05) is 0 Å². The molecule has 0 bridgehead atoms. The topological polar surface area (TPSA) is 124 Å². The zero-order valence-corrected chi connectivity index (χ0v) is 8.74. The molecule has 1 saturated heterocycles. The van der Waals surface area contributed by atoms with Crippen molar-refractivity contribution in [3.63, 3.8) is 0 Å². The van der Waals surface area contributed by atoms with E-state index >= 15 is 0 Å². The predicted octanol–water partition coefficient (Wildman–Crippen LogP) is -2.26. The van der Waals surface area contributed by atoms with E-state index in [9.17, 15) is 19.8 Å². The molecule has 1 fully saturated rings. The van der Waals surface area contributed by atoms with Crippen molar-refractivity contribution in [2.75, 3.05) is 13.1 Å². The third-order valence-corrected chi connectivity index (χ3v) is 2.56. The van der Waals surface area contributed by atoms with E-state index in [0.717, 1.165) is 0 Å². The number of β-amino-alcohol motifs (C(OH)–C–C–N with tert-alkyl or cyclic N) is 2. The first-order valence-corrected chi connectivity index (χ1v) is 5.04. The van der Waals surface area contributed by atoms with Crippen molar-refractivity contribution in [2.45, 2.75) is 31.1 Å². The van der Waals surface area contributed by atoms with Gasteiger partial charge in [0, 0.05) is 19.5 Å². The number of hydrogen-bond donors (Lipinski definition) is 4. The largest absolute Gasteiger partial charge is 0.481 e. The lowest BCUT2D eigenvalue weighted by atomic mass is 10.1. The molecule has 7 heteroatoms. The van der Waals surface area contributed by atoms with Gasteiger partial charge in [0.25, 0.3) is 0 Å². The van der Waals surface area contributed by atoms with Crippen molar-refractivity contribution >= 4 is 11.9 Å². The van der Waals surface area contributed by atoms with Gasteiger partial charge in [-0.25, -0.2) is 0 Å². The first-order chi connectivity index (χ1) is 7.41. The van der Waals surface area contributed by atoms with E-state index < -0.39 is 30.1 Å². The highest BCUT2D eigenvalue weighted by Crippen LogP contribution is 2.12. The number of nitrogens with two attached hydrogens (primary N) is 1. The molecule has 92 valence electrons. The first-order valence-electron chi connectivity index (χ1n) is 5.04. The van der Waals surface area contributed by atoms with Gasteiger partial charge in [-0.2, -0.15) is 0 Å². The van der Waals surface area contributed by atoms with Crippen molar-refractivity contribution in [3.8, 4) is 0 Å². The number of amides is 1. The number of aliphatic hydroxyl groups is 2. The molecule has 1 aliphatic heterocycles. The molecule has 3 atom stereocenters. The molecule has 1 aliphatic rings. The van der Waals surface area contributed by atoms with Gasteiger partial charge in [0.05, 0.1) is 18.2 Å². The molecule has 1 rings (SSSR count). The Morgan fingerprint density at radius 1 is 1.31 bits per heavy atom. The summed E-state index contributed by atoms with van der Waals surface area (Å²) < 4.78 is 0. The highest BCUT2D eigenvalue weighted by molar-refractivity contribution is 5.82. The van der Waals surface area contributed by atoms with Crippen LogP contribution in [0, 0.1) is 0 Å². The van der Waals surface area contributed by atoms with E-state index in [1.165, 1.54) is 4.90 Å². The van der Waals surface area contributed by atoms with E-state index in [4.69, 9.17) is 10.8 Å². The molecule has 1 heterocycles. The number of aliphatic hydroxyl groups excluding tert-OH is 2. The number of rotatable bonds is 4. The number of carbonyl (C=O) groups is 2. The van der Waals surface area contributed by atoms with E-state index in [2.05, 4.69) is 0 Å². The molecule has 0 aliphatic carbocycles. The SMILES string of the molecule is NC(CCC(=O)O)C(=O)N1CC(O)C(O)C1. The molecule has 3 unspecified atom stereocenters. The smallest absolute Gasteiger partial charge is 0.303 e. The maximum Gasteiger partial charge on any atom is 0.303 e. The molecule has 5 N–H and O–H groups in total. The fourth-order valence-corrected chi connectivity index (χ4v) is 1.59. The van der Waals surface area contributed by atoms with Gasteiger partial charge in [0.2, 0.25) is 5.91 Å². The predicted molar refractivity (Wildman–Crippen MR) is 53.4 cm³/mol. The van der Waals surface area contributed by atoms with Gasteiger partial charge >= 0.3 is 5.97 Å². The molecule has 1 amide bonds. The average Bonchev–Trinajstić information content (AvgIpc) is 2.54. The number of carboxylic acids is 1. The van der Waals surface area contributed by atoms with Crippen LogP contribution in [0.5, 0.6) is 0 Å². The summed E-state index contributed by atoms with van der Waals surface area (Å²) in [5, 5.41) is 26.9. The van der Waals surface area contributed by atoms with Gasteiger partial charge < -0.3 is 26.0 Å². The van der Waals surface area contributed by atoms with E-state index in [0.29, 0.717) is 0 Å². The Balaban J connectivity index is 2.42. The number of aliphatic carboxylic acids is 1. The lowest BCUT2D eigenvalue weighted by Gasteiger charge is -2.19. The van der Waals surface area contributed by atoms with Crippen molar-refractivity contribution < 1.29 is 24.9 Å². The highest BCUT2D eigenvalue weighted by atomic mass is 16.4. The molecule has 0 saturated carbocycles. The summed E-state index contributed by atoms with van der Waals surface area (Å²) in [6, 6.07) is -0.895. The van der Waals surface area contributed by atoms with Gasteiger partial charge in [-0.3, -0.25) is 9.59 Å². The summed E-state index contributed by atoms with van der Waals surface area (Å²) >= 11 is 0. The Morgan fingerprint density at radius 3 is 2.25 bits per heavy atom. The average molecular weight is 232 g/mol. The summed E-state index contributed by atoms with van der Waals surface area (Å²) in [4.78, 5) is 23.2. The fourth-order valence-electron chi connectivity index (χ4n) is 1.59. The van der Waals surface area contributed by atoms with Crippen LogP contribution < -0.4 is 5.73 Å². The van der Waals surface area contributed by atoms with E-state index in [1.54, 1.807) is 0 Å². The standard InChI is InChI=1S/C9H16N2O5/c10-5(1-2-8(14)15)9(16)11-3-6(12)7(13)4-11/h5-7,12-13H,1-4,10H2,(H,14,15). The third kappa shape index (κ3) is 3.16. The molecule has 0 aromatic carbocycles. The number of carboxylic acid groups (broad SMARTS) is 1. The van der Waals surface area contributed by atoms with Gasteiger partial charge in [-0.15, -0.1) is 0 Å². The van der Waals surface area contributed by atoms with Crippen molar-refractivity contribution in [3.05, 3.63) is 0 Å². The number of carbonyl (C=O) groups excluding carboxylic acids is 1. The Morgan fingerprint density at radius 2 is 1.81 bits per heavy atom. The third-order valence-electron chi connectivity index (χ3n) is 2.56. The maximum absolute atomic E-state index is 11.6. The lowest BCUT2D eigenvalue weighted by molar-refractivity contribution is -0.137. The fraction of sp³-hybridized carbons (Fsp3) is 0.778. The van der Waals surface area contributed by atoms with Crippen molar-refractivity contribution in [1.29, 1.82) is 0 Å². The Bertz CT molecular complexity index is 273. The molecule has 0 aromatic rings. The van der Waals surface area contributed by atoms with Crippen molar-refractivity contribution in [1.82, 2.24) is 4.90 Å². The second-order valence-electron chi connectivity index (χ2n) is 3.92. The molecule has 7 nitrogen and oxygen atoms in total. The molecule has 0 spiro atoms. The summed E-state index contributed by atoms with van der Waals surface area (Å²) in [5.41, 5.74) is 5.52. The Hall–Kier alpha value is -1.18. The monoisotopic (exact) mass is 232 g/mol. The summed E-state index contributed by atoms with van der Waals surface area (Å²) in [6.45, 7) is 0.0849. The highest BCUT2D eigenvalue weighted by Gasteiger charge is 2.34. The van der Waals surface area contributed by atoms with Crippen LogP contribution in [-0.2, 0) is 9.59 Å².